The van der Waals surface area contributed by atoms with Crippen LogP contribution in [0.3, 0.4) is 0 Å². The first-order valence-electron chi connectivity index (χ1n) is 8.55. The summed E-state index contributed by atoms with van der Waals surface area (Å²) in [4.78, 5) is 27.6. The van der Waals surface area contributed by atoms with Crippen molar-refractivity contribution >= 4 is 29.0 Å². The van der Waals surface area contributed by atoms with E-state index >= 15 is 0 Å². The van der Waals surface area contributed by atoms with Crippen LogP contribution >= 0.6 is 11.3 Å². The van der Waals surface area contributed by atoms with Crippen LogP contribution in [0.15, 0.2) is 41.8 Å². The number of hydrogen-bond donors (Lipinski definition) is 2. The Bertz CT molecular complexity index is 721. The summed E-state index contributed by atoms with van der Waals surface area (Å²) in [5, 5.41) is 7.97. The second kappa shape index (κ2) is 8.16. The molecule has 1 aromatic carbocycles. The monoisotopic (exact) mass is 357 g/mol. The van der Waals surface area contributed by atoms with Crippen LogP contribution in [-0.4, -0.2) is 29.9 Å². The Balaban J connectivity index is 1.44. The molecule has 0 atom stereocenters. The number of para-hydroxylation sites is 1. The predicted molar refractivity (Wildman–Crippen MR) is 101 cm³/mol. The van der Waals surface area contributed by atoms with Crippen molar-refractivity contribution in [2.45, 2.75) is 26.3 Å². The largest absolute Gasteiger partial charge is 0.351 e. The number of anilines is 1. The number of aryl methyl sites for hydroxylation is 1. The van der Waals surface area contributed by atoms with Crippen LogP contribution in [0.1, 0.15) is 23.3 Å². The molecule has 2 aromatic rings. The zero-order valence-electron chi connectivity index (χ0n) is 14.3. The minimum atomic E-state index is -0.0979. The highest BCUT2D eigenvalue weighted by Crippen LogP contribution is 2.20. The average molecular weight is 357 g/mol. The molecule has 2 heterocycles. The fraction of sp³-hybridized carbons (Fsp3) is 0.368. The van der Waals surface area contributed by atoms with Gasteiger partial charge >= 0.3 is 6.03 Å². The van der Waals surface area contributed by atoms with E-state index in [4.69, 9.17) is 0 Å². The third-order valence-corrected chi connectivity index (χ3v) is 5.59. The molecule has 0 bridgehead atoms. The lowest BCUT2D eigenvalue weighted by atomic mass is 9.96. The second-order valence-corrected chi connectivity index (χ2v) is 7.30. The van der Waals surface area contributed by atoms with Gasteiger partial charge in [-0.3, -0.25) is 4.79 Å². The van der Waals surface area contributed by atoms with Gasteiger partial charge in [0.15, 0.2) is 0 Å². The highest BCUT2D eigenvalue weighted by molar-refractivity contribution is 7.10. The summed E-state index contributed by atoms with van der Waals surface area (Å²) < 4.78 is 0. The molecule has 1 saturated heterocycles. The molecule has 2 N–H and O–H groups in total. The number of nitrogens with zero attached hydrogens (tertiary/aromatic N) is 1. The molecular weight excluding hydrogens is 334 g/mol. The van der Waals surface area contributed by atoms with Gasteiger partial charge in [-0.25, -0.2) is 4.79 Å². The number of thiophene rings is 1. The first-order chi connectivity index (χ1) is 12.1. The fourth-order valence-electron chi connectivity index (χ4n) is 2.97. The van der Waals surface area contributed by atoms with E-state index in [9.17, 15) is 9.59 Å². The lowest BCUT2D eigenvalue weighted by Gasteiger charge is -2.31. The minimum Gasteiger partial charge on any atom is -0.351 e. The number of carbonyl (C=O) groups excluding carboxylic acids is 2. The van der Waals surface area contributed by atoms with Crippen LogP contribution < -0.4 is 10.6 Å². The molecule has 0 aliphatic carbocycles. The zero-order valence-corrected chi connectivity index (χ0v) is 15.1. The predicted octanol–water partition coefficient (Wildman–Crippen LogP) is 3.62. The number of piperidine rings is 1. The van der Waals surface area contributed by atoms with E-state index in [1.807, 2.05) is 35.7 Å². The maximum atomic E-state index is 12.3. The summed E-state index contributed by atoms with van der Waals surface area (Å²) in [5.74, 6) is 0.0805. The molecule has 25 heavy (non-hydrogen) atoms. The van der Waals surface area contributed by atoms with Crippen LogP contribution in [0, 0.1) is 12.8 Å². The number of hydrogen-bond acceptors (Lipinski definition) is 3. The highest BCUT2D eigenvalue weighted by Gasteiger charge is 2.27. The molecule has 1 fully saturated rings. The minimum absolute atomic E-state index is 0.0129. The SMILES string of the molecule is Cc1ccsc1CNC(=O)C1CCN(C(=O)Nc2ccccc2)CC1. The summed E-state index contributed by atoms with van der Waals surface area (Å²) in [6.07, 6.45) is 1.41. The van der Waals surface area contributed by atoms with Gasteiger partial charge < -0.3 is 15.5 Å². The van der Waals surface area contributed by atoms with E-state index < -0.39 is 0 Å². The lowest BCUT2D eigenvalue weighted by Crippen LogP contribution is -2.44. The Labute approximate surface area is 152 Å². The first kappa shape index (κ1) is 17.5. The molecule has 132 valence electrons. The molecule has 0 spiro atoms. The normalized spacial score (nSPS) is 15.0. The molecule has 6 heteroatoms. The van der Waals surface area contributed by atoms with Gasteiger partial charge in [-0.05, 0) is 48.9 Å². The Hall–Kier alpha value is -2.34. The molecule has 0 unspecified atom stereocenters. The van der Waals surface area contributed by atoms with Crippen molar-refractivity contribution in [2.24, 2.45) is 5.92 Å². The van der Waals surface area contributed by atoms with Crippen molar-refractivity contribution in [3.63, 3.8) is 0 Å². The van der Waals surface area contributed by atoms with Gasteiger partial charge in [0, 0.05) is 29.6 Å². The second-order valence-electron chi connectivity index (χ2n) is 6.30. The maximum absolute atomic E-state index is 12.3. The molecule has 1 aliphatic rings. The van der Waals surface area contributed by atoms with Crippen molar-refractivity contribution < 1.29 is 9.59 Å². The van der Waals surface area contributed by atoms with E-state index in [-0.39, 0.29) is 17.9 Å². The number of benzene rings is 1. The van der Waals surface area contributed by atoms with Gasteiger partial charge in [-0.15, -0.1) is 11.3 Å². The molecule has 1 aliphatic heterocycles. The number of rotatable bonds is 4. The van der Waals surface area contributed by atoms with Crippen LogP contribution in [0.4, 0.5) is 10.5 Å². The quantitative estimate of drug-likeness (QED) is 0.878. The van der Waals surface area contributed by atoms with Crippen molar-refractivity contribution in [3.05, 3.63) is 52.2 Å². The van der Waals surface area contributed by atoms with Crippen LogP contribution in [0.25, 0.3) is 0 Å². The zero-order chi connectivity index (χ0) is 17.6. The van der Waals surface area contributed by atoms with Crippen molar-refractivity contribution in [2.75, 3.05) is 18.4 Å². The Morgan fingerprint density at radius 3 is 2.52 bits per heavy atom. The van der Waals surface area contributed by atoms with Crippen molar-refractivity contribution in [1.29, 1.82) is 0 Å². The van der Waals surface area contributed by atoms with E-state index in [0.29, 0.717) is 32.5 Å². The van der Waals surface area contributed by atoms with Crippen LogP contribution in [0.5, 0.6) is 0 Å². The number of amides is 3. The Morgan fingerprint density at radius 1 is 1.16 bits per heavy atom. The van der Waals surface area contributed by atoms with E-state index in [2.05, 4.69) is 23.6 Å². The van der Waals surface area contributed by atoms with Gasteiger partial charge in [-0.2, -0.15) is 0 Å². The summed E-state index contributed by atoms with van der Waals surface area (Å²) in [6.45, 7) is 3.86. The third-order valence-electron chi connectivity index (χ3n) is 4.57. The molecule has 3 rings (SSSR count). The molecule has 1 aromatic heterocycles. The smallest absolute Gasteiger partial charge is 0.321 e. The van der Waals surface area contributed by atoms with E-state index in [1.54, 1.807) is 16.2 Å². The molecule has 0 saturated carbocycles. The number of carbonyl (C=O) groups is 2. The van der Waals surface area contributed by atoms with Gasteiger partial charge in [0.2, 0.25) is 5.91 Å². The third kappa shape index (κ3) is 4.60. The molecule has 0 radical (unpaired) electrons. The topological polar surface area (TPSA) is 61.4 Å². The standard InChI is InChI=1S/C19H23N3O2S/c1-14-9-12-25-17(14)13-20-18(23)15-7-10-22(11-8-15)19(24)21-16-5-3-2-4-6-16/h2-6,9,12,15H,7-8,10-11,13H2,1H3,(H,20,23)(H,21,24). The molecular formula is C19H23N3O2S. The maximum Gasteiger partial charge on any atom is 0.321 e. The van der Waals surface area contributed by atoms with Crippen molar-refractivity contribution in [3.8, 4) is 0 Å². The first-order valence-corrected chi connectivity index (χ1v) is 9.43. The number of likely N-dealkylation sites (tertiary alicyclic amines) is 1. The highest BCUT2D eigenvalue weighted by atomic mass is 32.1. The number of nitrogens with one attached hydrogen (secondary N) is 2. The van der Waals surface area contributed by atoms with Crippen LogP contribution in [0.2, 0.25) is 0 Å². The van der Waals surface area contributed by atoms with Gasteiger partial charge in [0.05, 0.1) is 6.54 Å². The average Bonchev–Trinajstić information content (AvgIpc) is 3.05. The van der Waals surface area contributed by atoms with E-state index in [1.165, 1.54) is 10.4 Å². The van der Waals surface area contributed by atoms with E-state index in [0.717, 1.165) is 5.69 Å². The fourth-order valence-corrected chi connectivity index (χ4v) is 3.81. The van der Waals surface area contributed by atoms with Gasteiger partial charge in [0.1, 0.15) is 0 Å². The summed E-state index contributed by atoms with van der Waals surface area (Å²) >= 11 is 1.67. The molecule has 5 nitrogen and oxygen atoms in total. The Morgan fingerprint density at radius 2 is 1.88 bits per heavy atom. The van der Waals surface area contributed by atoms with Gasteiger partial charge in [0.25, 0.3) is 0 Å². The van der Waals surface area contributed by atoms with Crippen LogP contribution in [-0.2, 0) is 11.3 Å². The Kier molecular flexibility index (Phi) is 5.71. The van der Waals surface area contributed by atoms with Gasteiger partial charge in [-0.1, -0.05) is 18.2 Å². The lowest BCUT2D eigenvalue weighted by molar-refractivity contribution is -0.126. The summed E-state index contributed by atoms with van der Waals surface area (Å²) in [5.41, 5.74) is 2.01. The summed E-state index contributed by atoms with van der Waals surface area (Å²) in [7, 11) is 0. The van der Waals surface area contributed by atoms with Crippen molar-refractivity contribution in [1.82, 2.24) is 10.2 Å². The summed E-state index contributed by atoms with van der Waals surface area (Å²) in [6, 6.07) is 11.4. The number of urea groups is 1. The molecule has 3 amide bonds.